The second-order valence-corrected chi connectivity index (χ2v) is 17.6. The summed E-state index contributed by atoms with van der Waals surface area (Å²) in [5.74, 6) is 0. The van der Waals surface area contributed by atoms with E-state index in [2.05, 4.69) is 276 Å². The monoisotopic (exact) mass is 852 g/mol. The molecule has 0 saturated carbocycles. The van der Waals surface area contributed by atoms with E-state index in [0.717, 1.165) is 33.9 Å². The number of hydrogen-bond donors (Lipinski definition) is 0. The molecule has 0 bridgehead atoms. The second kappa shape index (κ2) is 15.8. The molecular formula is C65H44N2. The molecule has 0 radical (unpaired) electrons. The van der Waals surface area contributed by atoms with Gasteiger partial charge in [-0.25, -0.2) is 0 Å². The number of aromatic nitrogens is 1. The molecule has 0 aliphatic heterocycles. The van der Waals surface area contributed by atoms with E-state index >= 15 is 0 Å². The Labute approximate surface area is 390 Å². The lowest BCUT2D eigenvalue weighted by molar-refractivity contribution is 0.767. The number of benzene rings is 11. The summed E-state index contributed by atoms with van der Waals surface area (Å²) >= 11 is 0. The predicted molar refractivity (Wildman–Crippen MR) is 281 cm³/mol. The van der Waals surface area contributed by atoms with Gasteiger partial charge < -0.3 is 9.47 Å². The first kappa shape index (κ1) is 38.7. The van der Waals surface area contributed by atoms with Crippen LogP contribution in [0.1, 0.15) is 22.3 Å². The summed E-state index contributed by atoms with van der Waals surface area (Å²) in [5.41, 5.74) is 18.7. The van der Waals surface area contributed by atoms with Crippen LogP contribution in [0.2, 0.25) is 0 Å². The fourth-order valence-corrected chi connectivity index (χ4v) is 11.3. The minimum atomic E-state index is -0.513. The topological polar surface area (TPSA) is 8.17 Å². The van der Waals surface area contributed by atoms with Crippen molar-refractivity contribution in [2.24, 2.45) is 0 Å². The van der Waals surface area contributed by atoms with Gasteiger partial charge in [-0.05, 0) is 115 Å². The van der Waals surface area contributed by atoms with Crippen LogP contribution in [0.25, 0.3) is 71.6 Å². The van der Waals surface area contributed by atoms with E-state index in [0.29, 0.717) is 0 Å². The molecule has 12 aromatic rings. The minimum absolute atomic E-state index is 0.513. The molecular weight excluding hydrogens is 809 g/mol. The summed E-state index contributed by atoms with van der Waals surface area (Å²) in [6, 6.07) is 98.1. The van der Waals surface area contributed by atoms with E-state index < -0.39 is 5.41 Å². The van der Waals surface area contributed by atoms with Crippen molar-refractivity contribution in [1.82, 2.24) is 4.57 Å². The largest absolute Gasteiger partial charge is 0.310 e. The van der Waals surface area contributed by atoms with Gasteiger partial charge in [0.05, 0.1) is 22.1 Å². The minimum Gasteiger partial charge on any atom is -0.310 e. The van der Waals surface area contributed by atoms with Gasteiger partial charge in [0.15, 0.2) is 0 Å². The van der Waals surface area contributed by atoms with Gasteiger partial charge in [0.2, 0.25) is 0 Å². The summed E-state index contributed by atoms with van der Waals surface area (Å²) in [6.07, 6.45) is 0. The molecule has 13 rings (SSSR count). The van der Waals surface area contributed by atoms with Crippen molar-refractivity contribution in [1.29, 1.82) is 0 Å². The molecule has 0 unspecified atom stereocenters. The fourth-order valence-electron chi connectivity index (χ4n) is 11.3. The van der Waals surface area contributed by atoms with Gasteiger partial charge in [-0.15, -0.1) is 0 Å². The van der Waals surface area contributed by atoms with Crippen LogP contribution in [0.3, 0.4) is 0 Å². The van der Waals surface area contributed by atoms with Gasteiger partial charge in [-0.3, -0.25) is 0 Å². The Balaban J connectivity index is 1.06. The van der Waals surface area contributed by atoms with Gasteiger partial charge in [-0.2, -0.15) is 0 Å². The number of fused-ring (bicyclic) bond motifs is 8. The lowest BCUT2D eigenvalue weighted by Crippen LogP contribution is -2.28. The lowest BCUT2D eigenvalue weighted by Gasteiger charge is -2.34. The normalized spacial score (nSPS) is 12.6. The molecule has 2 nitrogen and oxygen atoms in total. The summed E-state index contributed by atoms with van der Waals surface area (Å²) in [7, 11) is 0. The molecule has 11 aromatic carbocycles. The van der Waals surface area contributed by atoms with Crippen LogP contribution in [-0.4, -0.2) is 4.57 Å². The van der Waals surface area contributed by atoms with E-state index in [1.54, 1.807) is 0 Å². The Morgan fingerprint density at radius 2 is 0.881 bits per heavy atom. The van der Waals surface area contributed by atoms with E-state index in [4.69, 9.17) is 0 Å². The number of para-hydroxylation sites is 3. The van der Waals surface area contributed by atoms with E-state index in [-0.39, 0.29) is 0 Å². The average Bonchev–Trinajstić information content (AvgIpc) is 3.90. The Hall–Kier alpha value is -8.72. The maximum absolute atomic E-state index is 2.52. The van der Waals surface area contributed by atoms with Crippen LogP contribution in [0.15, 0.2) is 267 Å². The molecule has 1 aliphatic carbocycles. The molecule has 0 atom stereocenters. The predicted octanol–water partition coefficient (Wildman–Crippen LogP) is 17.1. The highest BCUT2D eigenvalue weighted by Gasteiger charge is 2.46. The second-order valence-electron chi connectivity index (χ2n) is 17.6. The van der Waals surface area contributed by atoms with Gasteiger partial charge in [0.1, 0.15) is 0 Å². The molecule has 2 heteroatoms. The first-order chi connectivity index (χ1) is 33.3. The van der Waals surface area contributed by atoms with Gasteiger partial charge in [0.25, 0.3) is 0 Å². The van der Waals surface area contributed by atoms with Crippen LogP contribution in [0.5, 0.6) is 0 Å². The third kappa shape index (κ3) is 6.04. The SMILES string of the molecule is c1ccc(N(c2ccccc2)c2ccccc2-c2ccccc2-c2ccc3c4c5ccccc5ccc4n(-c4ccc5c(c4)C(c4ccccc4)(c4ccccc4)c4ccccc4-5)c3c2)cc1. The van der Waals surface area contributed by atoms with Gasteiger partial charge in [-0.1, -0.05) is 212 Å². The third-order valence-electron chi connectivity index (χ3n) is 14.1. The van der Waals surface area contributed by atoms with Crippen molar-refractivity contribution in [3.8, 4) is 39.1 Å². The quantitative estimate of drug-likeness (QED) is 0.148. The third-order valence-corrected chi connectivity index (χ3v) is 14.1. The highest BCUT2D eigenvalue weighted by atomic mass is 15.1. The van der Waals surface area contributed by atoms with E-state index in [1.165, 1.54) is 77.1 Å². The molecule has 0 saturated heterocycles. The van der Waals surface area contributed by atoms with Crippen molar-refractivity contribution in [3.05, 3.63) is 289 Å². The smallest absolute Gasteiger partial charge is 0.0714 e. The van der Waals surface area contributed by atoms with Crippen LogP contribution >= 0.6 is 0 Å². The number of rotatable bonds is 8. The van der Waals surface area contributed by atoms with Gasteiger partial charge in [0, 0.05) is 33.4 Å². The number of anilines is 3. The standard InChI is InChI=1S/C65H44N2/c1-5-22-47(23-6-1)65(48-24-7-2-8-25-48)59-35-19-17-33-55(59)56-41-39-51(44-60(56)65)67-62-42-38-45-21-13-14-31-53(45)64(62)58-40-37-46(43-63(58)67)52-30-15-16-32-54(52)57-34-18-20-36-61(57)66(49-26-9-3-10-27-49)50-28-11-4-12-29-50/h1-44H. The molecule has 0 N–H and O–H groups in total. The first-order valence-electron chi connectivity index (χ1n) is 23.2. The molecule has 314 valence electrons. The van der Waals surface area contributed by atoms with Gasteiger partial charge >= 0.3 is 0 Å². The highest BCUT2D eigenvalue weighted by molar-refractivity contribution is 6.22. The zero-order valence-electron chi connectivity index (χ0n) is 36.8. The first-order valence-corrected chi connectivity index (χ1v) is 23.2. The van der Waals surface area contributed by atoms with Crippen LogP contribution in [0, 0.1) is 0 Å². The molecule has 67 heavy (non-hydrogen) atoms. The zero-order valence-corrected chi connectivity index (χ0v) is 36.8. The summed E-state index contributed by atoms with van der Waals surface area (Å²) < 4.78 is 2.52. The number of nitrogens with zero attached hydrogens (tertiary/aromatic N) is 2. The molecule has 1 aromatic heterocycles. The van der Waals surface area contributed by atoms with E-state index in [1.807, 2.05) is 0 Å². The summed E-state index contributed by atoms with van der Waals surface area (Å²) in [6.45, 7) is 0. The molecule has 0 spiro atoms. The Morgan fingerprint density at radius 3 is 1.58 bits per heavy atom. The molecule has 0 fully saturated rings. The molecule has 0 amide bonds. The fraction of sp³-hybridized carbons (Fsp3) is 0.0154. The zero-order chi connectivity index (χ0) is 44.3. The van der Waals surface area contributed by atoms with Crippen molar-refractivity contribution in [2.75, 3.05) is 4.90 Å². The highest BCUT2D eigenvalue weighted by Crippen LogP contribution is 2.57. The number of hydrogen-bond acceptors (Lipinski definition) is 1. The summed E-state index contributed by atoms with van der Waals surface area (Å²) in [4.78, 5) is 2.37. The molecule has 1 aliphatic rings. The van der Waals surface area contributed by atoms with Crippen molar-refractivity contribution in [3.63, 3.8) is 0 Å². The van der Waals surface area contributed by atoms with Crippen molar-refractivity contribution in [2.45, 2.75) is 5.41 Å². The van der Waals surface area contributed by atoms with Crippen LogP contribution in [-0.2, 0) is 5.41 Å². The Kier molecular flexibility index (Phi) is 9.11. The summed E-state index contributed by atoms with van der Waals surface area (Å²) in [5, 5.41) is 4.98. The average molecular weight is 853 g/mol. The maximum Gasteiger partial charge on any atom is 0.0714 e. The molecule has 1 heterocycles. The lowest BCUT2D eigenvalue weighted by atomic mass is 9.67. The Morgan fingerprint density at radius 1 is 0.328 bits per heavy atom. The Bertz CT molecular complexity index is 3720. The van der Waals surface area contributed by atoms with Crippen LogP contribution in [0.4, 0.5) is 17.1 Å². The van der Waals surface area contributed by atoms with Crippen LogP contribution < -0.4 is 4.90 Å². The maximum atomic E-state index is 2.52. The van der Waals surface area contributed by atoms with Crippen molar-refractivity contribution >= 4 is 49.6 Å². The van der Waals surface area contributed by atoms with Crippen molar-refractivity contribution < 1.29 is 0 Å². The van der Waals surface area contributed by atoms with E-state index in [9.17, 15) is 0 Å².